The van der Waals surface area contributed by atoms with Gasteiger partial charge in [-0.15, -0.1) is 0 Å². The van der Waals surface area contributed by atoms with Crippen LogP contribution in [0, 0.1) is 5.92 Å². The minimum Gasteiger partial charge on any atom is -0.395 e. The number of nitrogens with zero attached hydrogens (tertiary/aromatic N) is 1. The van der Waals surface area contributed by atoms with Gasteiger partial charge >= 0.3 is 0 Å². The van der Waals surface area contributed by atoms with E-state index in [0.29, 0.717) is 17.6 Å². The Labute approximate surface area is 121 Å². The minimum atomic E-state index is 0.118. The highest BCUT2D eigenvalue weighted by Gasteiger charge is 2.18. The molecule has 1 atom stereocenters. The third-order valence-corrected chi connectivity index (χ3v) is 3.52. The van der Waals surface area contributed by atoms with E-state index in [-0.39, 0.29) is 12.6 Å². The van der Waals surface area contributed by atoms with E-state index in [1.54, 1.807) is 0 Å². The third kappa shape index (κ3) is 4.80. The maximum Gasteiger partial charge on any atom is 0.169 e. The number of hydrogen-bond acceptors (Lipinski definition) is 2. The summed E-state index contributed by atoms with van der Waals surface area (Å²) in [7, 11) is 0. The molecule has 0 bridgehead atoms. The van der Waals surface area contributed by atoms with Crippen molar-refractivity contribution in [2.45, 2.75) is 26.8 Å². The zero-order chi connectivity index (χ0) is 14.3. The molecule has 0 radical (unpaired) electrons. The van der Waals surface area contributed by atoms with Gasteiger partial charge < -0.3 is 15.3 Å². The van der Waals surface area contributed by atoms with E-state index in [9.17, 15) is 0 Å². The number of likely N-dealkylation sites (N-methyl/N-ethyl adjacent to an activating group) is 1. The second kappa shape index (κ2) is 8.12. The smallest absolute Gasteiger partial charge is 0.169 e. The molecule has 0 aliphatic heterocycles. The molecule has 0 saturated carbocycles. The minimum absolute atomic E-state index is 0.118. The summed E-state index contributed by atoms with van der Waals surface area (Å²) in [5.74, 6) is 0.438. The van der Waals surface area contributed by atoms with Crippen molar-refractivity contribution in [2.75, 3.05) is 19.7 Å². The lowest BCUT2D eigenvalue weighted by molar-refractivity contribution is 0.250. The summed E-state index contributed by atoms with van der Waals surface area (Å²) in [6.45, 7) is 7.88. The van der Waals surface area contributed by atoms with E-state index in [1.165, 1.54) is 5.56 Å². The van der Waals surface area contributed by atoms with Crippen LogP contribution in [0.25, 0.3) is 0 Å². The molecule has 0 aromatic heterocycles. The second-order valence-corrected chi connectivity index (χ2v) is 5.27. The van der Waals surface area contributed by atoms with Gasteiger partial charge in [0.1, 0.15) is 0 Å². The standard InChI is InChI=1S/C15H24N2OS/c1-4-17(10-11-18)15(19)16-14(12(2)3)13-8-6-5-7-9-13/h5-9,12,14,18H,4,10-11H2,1-3H3,(H,16,19). The molecule has 0 saturated heterocycles. The van der Waals surface area contributed by atoms with Gasteiger partial charge in [0.25, 0.3) is 0 Å². The summed E-state index contributed by atoms with van der Waals surface area (Å²) in [6.07, 6.45) is 0. The lowest BCUT2D eigenvalue weighted by Gasteiger charge is -2.30. The Kier molecular flexibility index (Phi) is 6.81. The van der Waals surface area contributed by atoms with Gasteiger partial charge in [0.05, 0.1) is 12.6 Å². The zero-order valence-electron chi connectivity index (χ0n) is 12.0. The Bertz CT molecular complexity index is 381. The predicted octanol–water partition coefficient (Wildman–Crippen LogP) is 2.57. The Balaban J connectivity index is 2.77. The van der Waals surface area contributed by atoms with Crippen molar-refractivity contribution in [3.63, 3.8) is 0 Å². The fourth-order valence-electron chi connectivity index (χ4n) is 2.04. The molecule has 3 nitrogen and oxygen atoms in total. The van der Waals surface area contributed by atoms with Crippen LogP contribution in [0.2, 0.25) is 0 Å². The number of benzene rings is 1. The summed E-state index contributed by atoms with van der Waals surface area (Å²) in [5, 5.41) is 13.2. The van der Waals surface area contributed by atoms with Crippen molar-refractivity contribution in [3.05, 3.63) is 35.9 Å². The molecule has 1 unspecified atom stereocenters. The van der Waals surface area contributed by atoms with Crippen LogP contribution < -0.4 is 5.32 Å². The van der Waals surface area contributed by atoms with Crippen LogP contribution in [-0.2, 0) is 0 Å². The van der Waals surface area contributed by atoms with Crippen LogP contribution in [0.1, 0.15) is 32.4 Å². The van der Waals surface area contributed by atoms with Crippen LogP contribution in [0.3, 0.4) is 0 Å². The van der Waals surface area contributed by atoms with Crippen LogP contribution in [0.5, 0.6) is 0 Å². The predicted molar refractivity (Wildman–Crippen MR) is 84.1 cm³/mol. The molecule has 106 valence electrons. The number of nitrogens with one attached hydrogen (secondary N) is 1. The van der Waals surface area contributed by atoms with Crippen LogP contribution >= 0.6 is 12.2 Å². The van der Waals surface area contributed by atoms with Crippen LogP contribution in [0.4, 0.5) is 0 Å². The van der Waals surface area contributed by atoms with Crippen molar-refractivity contribution < 1.29 is 5.11 Å². The number of aliphatic hydroxyl groups excluding tert-OH is 1. The first kappa shape index (κ1) is 15.9. The summed E-state index contributed by atoms with van der Waals surface area (Å²) in [5.41, 5.74) is 1.24. The topological polar surface area (TPSA) is 35.5 Å². The van der Waals surface area contributed by atoms with E-state index in [4.69, 9.17) is 17.3 Å². The number of thiocarbonyl (C=S) groups is 1. The fourth-order valence-corrected chi connectivity index (χ4v) is 2.39. The molecular weight excluding hydrogens is 256 g/mol. The number of rotatable bonds is 6. The quantitative estimate of drug-likeness (QED) is 0.785. The molecule has 0 heterocycles. The maximum atomic E-state index is 9.05. The highest BCUT2D eigenvalue weighted by Crippen LogP contribution is 2.21. The SMILES string of the molecule is CCN(CCO)C(=S)NC(c1ccccc1)C(C)C. The van der Waals surface area contributed by atoms with Crippen molar-refractivity contribution >= 4 is 17.3 Å². The largest absolute Gasteiger partial charge is 0.395 e. The van der Waals surface area contributed by atoms with Crippen molar-refractivity contribution in [1.29, 1.82) is 0 Å². The molecule has 0 fully saturated rings. The lowest BCUT2D eigenvalue weighted by Crippen LogP contribution is -2.43. The Hall–Kier alpha value is -1.13. The van der Waals surface area contributed by atoms with Crippen molar-refractivity contribution in [3.8, 4) is 0 Å². The van der Waals surface area contributed by atoms with E-state index in [2.05, 4.69) is 31.3 Å². The molecular formula is C15H24N2OS. The molecule has 0 amide bonds. The first-order valence-electron chi connectivity index (χ1n) is 6.81. The average molecular weight is 280 g/mol. The van der Waals surface area contributed by atoms with Gasteiger partial charge in [0, 0.05) is 13.1 Å². The van der Waals surface area contributed by atoms with E-state index in [1.807, 2.05) is 30.0 Å². The molecule has 4 heteroatoms. The summed E-state index contributed by atoms with van der Waals surface area (Å²) >= 11 is 5.44. The number of hydrogen-bond donors (Lipinski definition) is 2. The summed E-state index contributed by atoms with van der Waals surface area (Å²) in [6, 6.07) is 10.5. The fraction of sp³-hybridized carbons (Fsp3) is 0.533. The zero-order valence-corrected chi connectivity index (χ0v) is 12.8. The molecule has 1 aromatic rings. The monoisotopic (exact) mass is 280 g/mol. The van der Waals surface area contributed by atoms with Gasteiger partial charge in [0.2, 0.25) is 0 Å². The average Bonchev–Trinajstić information content (AvgIpc) is 2.42. The second-order valence-electron chi connectivity index (χ2n) is 4.89. The molecule has 0 aliphatic carbocycles. The highest BCUT2D eigenvalue weighted by atomic mass is 32.1. The van der Waals surface area contributed by atoms with Gasteiger partial charge in [-0.1, -0.05) is 44.2 Å². The van der Waals surface area contributed by atoms with Gasteiger partial charge in [-0.3, -0.25) is 0 Å². The van der Waals surface area contributed by atoms with Gasteiger partial charge in [0.15, 0.2) is 5.11 Å². The van der Waals surface area contributed by atoms with E-state index < -0.39 is 0 Å². The molecule has 1 rings (SSSR count). The van der Waals surface area contributed by atoms with E-state index >= 15 is 0 Å². The van der Waals surface area contributed by atoms with Crippen LogP contribution in [-0.4, -0.2) is 34.8 Å². The molecule has 0 spiro atoms. The lowest BCUT2D eigenvalue weighted by atomic mass is 9.96. The molecule has 1 aromatic carbocycles. The third-order valence-electron chi connectivity index (χ3n) is 3.14. The Morgan fingerprint density at radius 1 is 1.32 bits per heavy atom. The Morgan fingerprint density at radius 2 is 1.95 bits per heavy atom. The molecule has 19 heavy (non-hydrogen) atoms. The normalized spacial score (nSPS) is 12.3. The summed E-state index contributed by atoms with van der Waals surface area (Å²) in [4.78, 5) is 1.98. The van der Waals surface area contributed by atoms with E-state index in [0.717, 1.165) is 6.54 Å². The van der Waals surface area contributed by atoms with Crippen LogP contribution in [0.15, 0.2) is 30.3 Å². The number of aliphatic hydroxyl groups is 1. The summed E-state index contributed by atoms with van der Waals surface area (Å²) < 4.78 is 0. The van der Waals surface area contributed by atoms with Gasteiger partial charge in [-0.25, -0.2) is 0 Å². The van der Waals surface area contributed by atoms with Crippen molar-refractivity contribution in [1.82, 2.24) is 10.2 Å². The van der Waals surface area contributed by atoms with Crippen molar-refractivity contribution in [2.24, 2.45) is 5.92 Å². The highest BCUT2D eigenvalue weighted by molar-refractivity contribution is 7.80. The Morgan fingerprint density at radius 3 is 2.42 bits per heavy atom. The van der Waals surface area contributed by atoms with Gasteiger partial charge in [-0.05, 0) is 30.6 Å². The first-order valence-corrected chi connectivity index (χ1v) is 7.22. The first-order chi connectivity index (χ1) is 9.10. The van der Waals surface area contributed by atoms with Gasteiger partial charge in [-0.2, -0.15) is 0 Å². The maximum absolute atomic E-state index is 9.05. The molecule has 0 aliphatic rings. The molecule has 2 N–H and O–H groups in total.